The standard InChI is InChI=1S/C26H30F5N5O2/c1-17-11-36(18(2)10-35(17)21-9-32-20(8-33-21)26(29,30)31)23(37)38-25(22(27)28)13-24(14-25)15-34(16-24)12-19-6-4-3-5-7-19/h3-9,17-18,22H,10-16H2,1-2H3/t17-,18+/m0/s1. The third-order valence-electron chi connectivity index (χ3n) is 7.85. The van der Waals surface area contributed by atoms with Crippen LogP contribution in [-0.4, -0.2) is 76.2 Å². The number of ether oxygens (including phenoxy) is 1. The summed E-state index contributed by atoms with van der Waals surface area (Å²) in [5.41, 5.74) is -1.98. The fourth-order valence-corrected chi connectivity index (χ4v) is 6.12. The van der Waals surface area contributed by atoms with Crippen LogP contribution >= 0.6 is 0 Å². The van der Waals surface area contributed by atoms with Gasteiger partial charge in [-0.3, -0.25) is 4.90 Å². The zero-order valence-corrected chi connectivity index (χ0v) is 21.2. The number of carbonyl (C=O) groups is 1. The average Bonchev–Trinajstić information content (AvgIpc) is 2.82. The van der Waals surface area contributed by atoms with Gasteiger partial charge in [-0.25, -0.2) is 23.5 Å². The van der Waals surface area contributed by atoms with E-state index in [2.05, 4.69) is 14.9 Å². The van der Waals surface area contributed by atoms with Crippen molar-refractivity contribution in [2.24, 2.45) is 5.41 Å². The van der Waals surface area contributed by atoms with Gasteiger partial charge in [-0.1, -0.05) is 30.3 Å². The summed E-state index contributed by atoms with van der Waals surface area (Å²) in [7, 11) is 0. The third kappa shape index (κ3) is 5.02. The first-order chi connectivity index (χ1) is 17.9. The van der Waals surface area contributed by atoms with Crippen LogP contribution in [0.1, 0.15) is 37.9 Å². The van der Waals surface area contributed by atoms with Gasteiger partial charge in [-0.2, -0.15) is 13.2 Å². The molecule has 2 atom stereocenters. The second-order valence-corrected chi connectivity index (χ2v) is 11.0. The SMILES string of the molecule is C[C@@H]1CN(c2cnc(C(F)(F)F)cn2)[C@@H](C)CN1C(=O)OC1(C(F)F)CC2(CN(Cc3ccccc3)C2)C1. The number of aromatic nitrogens is 2. The van der Waals surface area contributed by atoms with Crippen LogP contribution in [-0.2, 0) is 17.5 Å². The number of anilines is 1. The summed E-state index contributed by atoms with van der Waals surface area (Å²) in [6, 6.07) is 9.17. The fourth-order valence-electron chi connectivity index (χ4n) is 6.12. The van der Waals surface area contributed by atoms with Crippen LogP contribution in [0.4, 0.5) is 32.6 Å². The van der Waals surface area contributed by atoms with E-state index in [-0.39, 0.29) is 43.2 Å². The Morgan fingerprint density at radius 2 is 1.74 bits per heavy atom. The van der Waals surface area contributed by atoms with Crippen molar-refractivity contribution in [2.45, 2.75) is 63.5 Å². The molecule has 0 unspecified atom stereocenters. The molecule has 206 valence electrons. The number of nitrogens with zero attached hydrogens (tertiary/aromatic N) is 5. The molecule has 1 spiro atoms. The minimum Gasteiger partial charge on any atom is -0.437 e. The van der Waals surface area contributed by atoms with Gasteiger partial charge in [0.2, 0.25) is 0 Å². The minimum atomic E-state index is -4.59. The molecule has 1 amide bonds. The summed E-state index contributed by atoms with van der Waals surface area (Å²) in [4.78, 5) is 25.8. The number of carbonyl (C=O) groups excluding carboxylic acids is 1. The molecule has 3 heterocycles. The van der Waals surface area contributed by atoms with E-state index in [9.17, 15) is 26.7 Å². The summed E-state index contributed by atoms with van der Waals surface area (Å²) in [5, 5.41) is 0. The maximum Gasteiger partial charge on any atom is 0.434 e. The molecule has 1 saturated carbocycles. The molecule has 0 N–H and O–H groups in total. The summed E-state index contributed by atoms with van der Waals surface area (Å²) in [5.74, 6) is 0.250. The molecule has 5 rings (SSSR count). The molecule has 0 radical (unpaired) electrons. The van der Waals surface area contributed by atoms with Gasteiger partial charge in [-0.05, 0) is 19.4 Å². The van der Waals surface area contributed by atoms with Crippen molar-refractivity contribution in [1.29, 1.82) is 0 Å². The highest BCUT2D eigenvalue weighted by Crippen LogP contribution is 2.58. The molecule has 3 fully saturated rings. The monoisotopic (exact) mass is 539 g/mol. The van der Waals surface area contributed by atoms with E-state index in [0.717, 1.165) is 18.3 Å². The van der Waals surface area contributed by atoms with Gasteiger partial charge < -0.3 is 14.5 Å². The Morgan fingerprint density at radius 3 is 2.32 bits per heavy atom. The first-order valence-corrected chi connectivity index (χ1v) is 12.6. The quantitative estimate of drug-likeness (QED) is 0.508. The van der Waals surface area contributed by atoms with Crippen molar-refractivity contribution in [3.8, 4) is 0 Å². The number of likely N-dealkylation sites (tertiary alicyclic amines) is 1. The van der Waals surface area contributed by atoms with Gasteiger partial charge in [0.15, 0.2) is 11.3 Å². The molecule has 1 aromatic heterocycles. The van der Waals surface area contributed by atoms with Crippen molar-refractivity contribution in [3.05, 3.63) is 54.0 Å². The third-order valence-corrected chi connectivity index (χ3v) is 7.85. The number of benzene rings is 1. The highest BCUT2D eigenvalue weighted by molar-refractivity contribution is 5.69. The molecule has 12 heteroatoms. The largest absolute Gasteiger partial charge is 0.437 e. The molecular formula is C26H30F5N5O2. The van der Waals surface area contributed by atoms with Crippen molar-refractivity contribution in [3.63, 3.8) is 0 Å². The number of amides is 1. The zero-order valence-electron chi connectivity index (χ0n) is 21.2. The lowest BCUT2D eigenvalue weighted by atomic mass is 9.55. The van der Waals surface area contributed by atoms with Crippen LogP contribution in [0.5, 0.6) is 0 Å². The molecule has 2 saturated heterocycles. The predicted molar refractivity (Wildman–Crippen MR) is 129 cm³/mol. The number of hydrogen-bond donors (Lipinski definition) is 0. The molecule has 1 aliphatic carbocycles. The lowest BCUT2D eigenvalue weighted by Crippen LogP contribution is -2.71. The lowest BCUT2D eigenvalue weighted by Gasteiger charge is -2.63. The minimum absolute atomic E-state index is 0.125. The molecular weight excluding hydrogens is 509 g/mol. The lowest BCUT2D eigenvalue weighted by molar-refractivity contribution is -0.243. The van der Waals surface area contributed by atoms with Gasteiger partial charge >= 0.3 is 12.3 Å². The number of halogens is 5. The van der Waals surface area contributed by atoms with Gasteiger partial charge in [-0.15, -0.1) is 0 Å². The first kappa shape index (κ1) is 26.6. The summed E-state index contributed by atoms with van der Waals surface area (Å²) in [6.07, 6.45) is -6.20. The molecule has 2 aliphatic heterocycles. The molecule has 2 aromatic rings. The van der Waals surface area contributed by atoms with Crippen LogP contribution in [0.15, 0.2) is 42.7 Å². The van der Waals surface area contributed by atoms with E-state index in [4.69, 9.17) is 4.74 Å². The second kappa shape index (κ2) is 9.62. The average molecular weight is 540 g/mol. The van der Waals surface area contributed by atoms with Gasteiger partial charge in [0.25, 0.3) is 6.43 Å². The summed E-state index contributed by atoms with van der Waals surface area (Å²) < 4.78 is 72.3. The normalized spacial score (nSPS) is 24.7. The predicted octanol–water partition coefficient (Wildman–Crippen LogP) is 4.83. The van der Waals surface area contributed by atoms with Crippen molar-refractivity contribution in [2.75, 3.05) is 31.1 Å². The zero-order chi connectivity index (χ0) is 27.3. The first-order valence-electron chi connectivity index (χ1n) is 12.6. The number of hydrogen-bond acceptors (Lipinski definition) is 6. The molecule has 7 nitrogen and oxygen atoms in total. The Bertz CT molecular complexity index is 1130. The van der Waals surface area contributed by atoms with E-state index in [1.54, 1.807) is 18.7 Å². The van der Waals surface area contributed by atoms with Crippen LogP contribution < -0.4 is 4.90 Å². The maximum atomic E-state index is 14.2. The Balaban J connectivity index is 1.17. The second-order valence-electron chi connectivity index (χ2n) is 11.0. The Morgan fingerprint density at radius 1 is 1.05 bits per heavy atom. The van der Waals surface area contributed by atoms with Crippen LogP contribution in [0.2, 0.25) is 0 Å². The summed E-state index contributed by atoms with van der Waals surface area (Å²) >= 11 is 0. The smallest absolute Gasteiger partial charge is 0.434 e. The van der Waals surface area contributed by atoms with Crippen LogP contribution in [0, 0.1) is 5.41 Å². The molecule has 3 aliphatic rings. The summed E-state index contributed by atoms with van der Waals surface area (Å²) in [6.45, 7) is 6.05. The van der Waals surface area contributed by atoms with E-state index in [0.29, 0.717) is 19.3 Å². The van der Waals surface area contributed by atoms with Crippen LogP contribution in [0.3, 0.4) is 0 Å². The van der Waals surface area contributed by atoms with Crippen molar-refractivity contribution < 1.29 is 31.5 Å². The van der Waals surface area contributed by atoms with E-state index in [1.165, 1.54) is 4.90 Å². The maximum absolute atomic E-state index is 14.2. The highest BCUT2D eigenvalue weighted by Gasteiger charge is 2.66. The Hall–Kier alpha value is -3.02. The topological polar surface area (TPSA) is 61.8 Å². The fraction of sp³-hybridized carbons (Fsp3) is 0.577. The Kier molecular flexibility index (Phi) is 6.73. The van der Waals surface area contributed by atoms with Crippen molar-refractivity contribution in [1.82, 2.24) is 19.8 Å². The van der Waals surface area contributed by atoms with Crippen molar-refractivity contribution >= 4 is 11.9 Å². The Labute approximate surface area is 217 Å². The highest BCUT2D eigenvalue weighted by atomic mass is 19.4. The van der Waals surface area contributed by atoms with Gasteiger partial charge in [0.05, 0.1) is 12.4 Å². The number of piperazine rings is 1. The van der Waals surface area contributed by atoms with Gasteiger partial charge in [0, 0.05) is 63.1 Å². The molecule has 38 heavy (non-hydrogen) atoms. The number of rotatable bonds is 5. The van der Waals surface area contributed by atoms with Crippen LogP contribution in [0.25, 0.3) is 0 Å². The molecule has 1 aromatic carbocycles. The van der Waals surface area contributed by atoms with E-state index < -0.39 is 36.0 Å². The molecule has 0 bridgehead atoms. The van der Waals surface area contributed by atoms with E-state index >= 15 is 0 Å². The van der Waals surface area contributed by atoms with E-state index in [1.807, 2.05) is 30.3 Å². The van der Waals surface area contributed by atoms with Gasteiger partial charge in [0.1, 0.15) is 5.82 Å². The number of alkyl halides is 5.